The number of hydrogen-bond acceptors (Lipinski definition) is 6. The molecule has 2 heterocycles. The topological polar surface area (TPSA) is 104 Å². The first kappa shape index (κ1) is 28.0. The van der Waals surface area contributed by atoms with Gasteiger partial charge in [0.1, 0.15) is 0 Å². The number of carbonyl (C=O) groups excluding carboxylic acids is 4. The zero-order valence-electron chi connectivity index (χ0n) is 22.9. The minimum atomic E-state index is -0.724. The maximum atomic E-state index is 14.2. The van der Waals surface area contributed by atoms with Crippen molar-refractivity contribution in [3.63, 3.8) is 0 Å². The lowest BCUT2D eigenvalue weighted by Crippen LogP contribution is -2.43. The first-order valence-corrected chi connectivity index (χ1v) is 15.6. The maximum absolute atomic E-state index is 14.2. The summed E-state index contributed by atoms with van der Waals surface area (Å²) < 4.78 is 6.91. The average molecular weight is 706 g/mol. The van der Waals surface area contributed by atoms with Crippen molar-refractivity contribution < 1.29 is 29.0 Å². The van der Waals surface area contributed by atoms with Crippen LogP contribution in [0.4, 0.5) is 11.4 Å². The van der Waals surface area contributed by atoms with Gasteiger partial charge in [0.15, 0.2) is 11.5 Å². The zero-order valence-corrected chi connectivity index (χ0v) is 26.1. The van der Waals surface area contributed by atoms with Gasteiger partial charge in [0, 0.05) is 14.9 Å². The quantitative estimate of drug-likeness (QED) is 0.265. The third-order valence-corrected chi connectivity index (χ3v) is 10.4. The number of fused-ring (bicyclic) bond motifs is 4. The Morgan fingerprint density at radius 3 is 1.84 bits per heavy atom. The van der Waals surface area contributed by atoms with Crippen molar-refractivity contribution in [1.29, 1.82) is 0 Å². The Labute approximate surface area is 264 Å². The number of amides is 4. The van der Waals surface area contributed by atoms with Crippen LogP contribution in [0, 0.1) is 29.6 Å². The highest BCUT2D eigenvalue weighted by Gasteiger charge is 2.62. The fourth-order valence-electron chi connectivity index (χ4n) is 7.55. The van der Waals surface area contributed by atoms with Gasteiger partial charge in [0.25, 0.3) is 0 Å². The molecule has 8 nitrogen and oxygen atoms in total. The Balaban J connectivity index is 1.33. The molecule has 2 aliphatic carbocycles. The second kappa shape index (κ2) is 10.4. The van der Waals surface area contributed by atoms with Crippen LogP contribution in [0.15, 0.2) is 87.3 Å². The molecule has 1 saturated carbocycles. The van der Waals surface area contributed by atoms with Crippen LogP contribution in [-0.4, -0.2) is 35.8 Å². The van der Waals surface area contributed by atoms with E-state index in [9.17, 15) is 24.3 Å². The van der Waals surface area contributed by atoms with E-state index < -0.39 is 35.5 Å². The van der Waals surface area contributed by atoms with E-state index in [2.05, 4.69) is 31.9 Å². The molecule has 43 heavy (non-hydrogen) atoms. The number of ether oxygens (including phenoxy) is 1. The molecule has 0 bridgehead atoms. The fraction of sp³-hybridized carbons (Fsp3) is 0.273. The van der Waals surface area contributed by atoms with Crippen LogP contribution in [0.2, 0.25) is 0 Å². The molecule has 3 aromatic rings. The molecule has 4 aliphatic rings. The van der Waals surface area contributed by atoms with Gasteiger partial charge in [0.05, 0.1) is 42.2 Å². The zero-order chi connectivity index (χ0) is 30.2. The monoisotopic (exact) mass is 704 g/mol. The highest BCUT2D eigenvalue weighted by molar-refractivity contribution is 9.10. The van der Waals surface area contributed by atoms with E-state index in [0.717, 1.165) is 14.5 Å². The Morgan fingerprint density at radius 2 is 1.28 bits per heavy atom. The van der Waals surface area contributed by atoms with E-state index in [-0.39, 0.29) is 41.5 Å². The highest BCUT2D eigenvalue weighted by atomic mass is 79.9. The molecule has 7 rings (SSSR count). The van der Waals surface area contributed by atoms with Gasteiger partial charge in [-0.3, -0.25) is 29.0 Å². The number of anilines is 2. The fourth-order valence-corrected chi connectivity index (χ4v) is 8.08. The van der Waals surface area contributed by atoms with Crippen molar-refractivity contribution in [2.75, 3.05) is 16.9 Å². The molecule has 2 saturated heterocycles. The standard InChI is InChI=1S/C33H26Br2N2O6/c1-43-26-13-2-16(14-25(26)38)27-21-11-12-22-28(32(41)36(30(22)39)19-7-3-17(34)4-8-19)23(21)15-24-29(27)33(42)37(31(24)40)20-9-5-18(35)6-10-20/h2-11,13-14,22-24,27-29,38H,12,15H2,1H3. The number of methoxy groups -OCH3 is 1. The van der Waals surface area contributed by atoms with Crippen LogP contribution in [0.1, 0.15) is 24.3 Å². The molecule has 1 N–H and O–H groups in total. The summed E-state index contributed by atoms with van der Waals surface area (Å²) in [5, 5.41) is 10.7. The van der Waals surface area contributed by atoms with Crippen molar-refractivity contribution in [2.24, 2.45) is 29.6 Å². The minimum Gasteiger partial charge on any atom is -0.504 e. The number of phenolic OH excluding ortho intramolecular Hbond substituents is 1. The lowest BCUT2D eigenvalue weighted by molar-refractivity contribution is -0.126. The van der Waals surface area contributed by atoms with Crippen LogP contribution >= 0.6 is 31.9 Å². The summed E-state index contributed by atoms with van der Waals surface area (Å²) in [5.41, 5.74) is 2.51. The molecular formula is C33H26Br2N2O6. The number of nitrogens with zero attached hydrogens (tertiary/aromatic N) is 2. The molecule has 2 aliphatic heterocycles. The van der Waals surface area contributed by atoms with Crippen molar-refractivity contribution >= 4 is 66.9 Å². The lowest BCUT2D eigenvalue weighted by atomic mass is 9.57. The predicted molar refractivity (Wildman–Crippen MR) is 165 cm³/mol. The van der Waals surface area contributed by atoms with Crippen molar-refractivity contribution in [2.45, 2.75) is 18.8 Å². The summed E-state index contributed by atoms with van der Waals surface area (Å²) in [4.78, 5) is 58.5. The molecule has 4 amide bonds. The van der Waals surface area contributed by atoms with Gasteiger partial charge >= 0.3 is 0 Å². The molecule has 3 aromatic carbocycles. The molecule has 218 valence electrons. The summed E-state index contributed by atoms with van der Waals surface area (Å²) in [7, 11) is 1.46. The Hall–Kier alpha value is -3.76. The number of allylic oxidation sites excluding steroid dienone is 2. The predicted octanol–water partition coefficient (Wildman–Crippen LogP) is 5.97. The number of imide groups is 2. The Morgan fingerprint density at radius 1 is 0.721 bits per heavy atom. The molecule has 0 spiro atoms. The SMILES string of the molecule is COc1ccc(C2C3=CCC4C(=O)N(c5ccc(Br)cc5)C(=O)C4C3CC3C(=O)N(c4ccc(Br)cc4)C(=O)C32)cc1O. The van der Waals surface area contributed by atoms with Gasteiger partial charge < -0.3 is 9.84 Å². The molecule has 3 fully saturated rings. The molecule has 6 unspecified atom stereocenters. The Kier molecular flexibility index (Phi) is 6.81. The van der Waals surface area contributed by atoms with Gasteiger partial charge in [-0.05, 0) is 85.0 Å². The van der Waals surface area contributed by atoms with E-state index >= 15 is 0 Å². The molecular weight excluding hydrogens is 680 g/mol. The van der Waals surface area contributed by atoms with Gasteiger partial charge in [-0.2, -0.15) is 0 Å². The normalized spacial score (nSPS) is 28.0. The summed E-state index contributed by atoms with van der Waals surface area (Å²) >= 11 is 6.82. The first-order chi connectivity index (χ1) is 20.7. The minimum absolute atomic E-state index is 0.0805. The number of halogens is 2. The smallest absolute Gasteiger partial charge is 0.238 e. The third-order valence-electron chi connectivity index (χ3n) is 9.38. The molecule has 0 aromatic heterocycles. The van der Waals surface area contributed by atoms with E-state index in [1.165, 1.54) is 16.9 Å². The third kappa shape index (κ3) is 4.29. The average Bonchev–Trinajstić information content (AvgIpc) is 3.41. The van der Waals surface area contributed by atoms with Crippen LogP contribution in [-0.2, 0) is 19.2 Å². The van der Waals surface area contributed by atoms with Gasteiger partial charge in [-0.25, -0.2) is 0 Å². The molecule has 0 radical (unpaired) electrons. The highest BCUT2D eigenvalue weighted by Crippen LogP contribution is 2.58. The molecule has 10 heteroatoms. The van der Waals surface area contributed by atoms with Gasteiger partial charge in [-0.1, -0.05) is 49.6 Å². The van der Waals surface area contributed by atoms with E-state index in [1.807, 2.05) is 6.08 Å². The van der Waals surface area contributed by atoms with Crippen molar-refractivity contribution in [3.05, 3.63) is 92.9 Å². The maximum Gasteiger partial charge on any atom is 0.238 e. The number of phenols is 1. The summed E-state index contributed by atoms with van der Waals surface area (Å²) in [5.74, 6) is -4.59. The number of carbonyl (C=O) groups is 4. The van der Waals surface area contributed by atoms with Crippen molar-refractivity contribution in [1.82, 2.24) is 0 Å². The summed E-state index contributed by atoms with van der Waals surface area (Å²) in [6.45, 7) is 0. The van der Waals surface area contributed by atoms with Crippen LogP contribution < -0.4 is 14.5 Å². The summed E-state index contributed by atoms with van der Waals surface area (Å²) in [6, 6.07) is 19.1. The van der Waals surface area contributed by atoms with Gasteiger partial charge in [0.2, 0.25) is 23.6 Å². The number of aromatic hydroxyl groups is 1. The number of hydrogen-bond donors (Lipinski definition) is 1. The molecule has 6 atom stereocenters. The van der Waals surface area contributed by atoms with E-state index in [0.29, 0.717) is 23.4 Å². The number of benzene rings is 3. The van der Waals surface area contributed by atoms with Crippen LogP contribution in [0.3, 0.4) is 0 Å². The summed E-state index contributed by atoms with van der Waals surface area (Å²) in [6.07, 6.45) is 2.62. The lowest BCUT2D eigenvalue weighted by Gasteiger charge is -2.44. The first-order valence-electron chi connectivity index (χ1n) is 14.0. The second-order valence-electron chi connectivity index (χ2n) is 11.4. The second-order valence-corrected chi connectivity index (χ2v) is 13.3. The van der Waals surface area contributed by atoms with Crippen LogP contribution in [0.5, 0.6) is 11.5 Å². The largest absolute Gasteiger partial charge is 0.504 e. The van der Waals surface area contributed by atoms with Crippen molar-refractivity contribution in [3.8, 4) is 11.5 Å². The number of rotatable bonds is 4. The van der Waals surface area contributed by atoms with E-state index in [1.54, 1.807) is 66.7 Å². The Bertz CT molecular complexity index is 1720. The van der Waals surface area contributed by atoms with Gasteiger partial charge in [-0.15, -0.1) is 0 Å². The van der Waals surface area contributed by atoms with E-state index in [4.69, 9.17) is 4.74 Å². The van der Waals surface area contributed by atoms with Crippen LogP contribution in [0.25, 0.3) is 0 Å².